The molecule has 1 amide bonds. The number of aryl methyl sites for hydroxylation is 3. The highest BCUT2D eigenvalue weighted by Gasteiger charge is 2.21. The molecule has 10 nitrogen and oxygen atoms in total. The van der Waals surface area contributed by atoms with Crippen molar-refractivity contribution in [2.24, 2.45) is 0 Å². The zero-order valence-electron chi connectivity index (χ0n) is 20.4. The molecule has 36 heavy (non-hydrogen) atoms. The average Bonchev–Trinajstić information content (AvgIpc) is 3.33. The Bertz CT molecular complexity index is 1540. The van der Waals surface area contributed by atoms with Crippen LogP contribution in [0, 0.1) is 13.8 Å². The van der Waals surface area contributed by atoms with E-state index in [4.69, 9.17) is 16.1 Å². The third-order valence-corrected chi connectivity index (χ3v) is 6.18. The van der Waals surface area contributed by atoms with Crippen LogP contribution in [0.5, 0.6) is 0 Å². The minimum Gasteiger partial charge on any atom is -0.339 e. The second-order valence-electron chi connectivity index (χ2n) is 8.30. The topological polar surface area (TPSA) is 116 Å². The molecule has 4 rings (SSSR count). The lowest BCUT2D eigenvalue weighted by Gasteiger charge is -2.18. The minimum atomic E-state index is -0.634. The van der Waals surface area contributed by atoms with Crippen molar-refractivity contribution in [2.45, 2.75) is 40.2 Å². The third kappa shape index (κ3) is 4.99. The predicted octanol–water partition coefficient (Wildman–Crippen LogP) is 3.33. The molecular formula is C25H25ClN6O4. The summed E-state index contributed by atoms with van der Waals surface area (Å²) in [6.45, 7) is 5.82. The number of hydrogen-bond donors (Lipinski definition) is 0. The van der Waals surface area contributed by atoms with Crippen molar-refractivity contribution in [3.05, 3.63) is 85.3 Å². The molecule has 0 atom stereocenters. The molecule has 0 aliphatic carbocycles. The Kier molecular flexibility index (Phi) is 7.16. The predicted molar refractivity (Wildman–Crippen MR) is 136 cm³/mol. The highest BCUT2D eigenvalue weighted by Crippen LogP contribution is 2.19. The molecule has 2 aromatic heterocycles. The first-order valence-electron chi connectivity index (χ1n) is 11.4. The van der Waals surface area contributed by atoms with Gasteiger partial charge in [-0.15, -0.1) is 0 Å². The van der Waals surface area contributed by atoms with Crippen LogP contribution in [0.3, 0.4) is 0 Å². The van der Waals surface area contributed by atoms with Crippen molar-refractivity contribution in [1.82, 2.24) is 24.5 Å². The van der Waals surface area contributed by atoms with Gasteiger partial charge in [0.1, 0.15) is 0 Å². The maximum absolute atomic E-state index is 12.9. The van der Waals surface area contributed by atoms with Crippen molar-refractivity contribution >= 4 is 23.2 Å². The average molecular weight is 509 g/mol. The van der Waals surface area contributed by atoms with E-state index in [-0.39, 0.29) is 42.7 Å². The van der Waals surface area contributed by atoms with E-state index in [1.165, 1.54) is 0 Å². The highest BCUT2D eigenvalue weighted by molar-refractivity contribution is 6.30. The molecule has 0 radical (unpaired) electrons. The van der Waals surface area contributed by atoms with E-state index in [1.807, 2.05) is 32.0 Å². The number of amides is 1. The highest BCUT2D eigenvalue weighted by atomic mass is 35.5. The van der Waals surface area contributed by atoms with Crippen LogP contribution in [-0.2, 0) is 17.8 Å². The summed E-state index contributed by atoms with van der Waals surface area (Å²) in [5.74, 6) is -0.00374. The Labute approximate surface area is 211 Å². The summed E-state index contributed by atoms with van der Waals surface area (Å²) in [7, 11) is 1.71. The molecule has 0 spiro atoms. The first-order chi connectivity index (χ1) is 17.2. The number of halogens is 1. The Morgan fingerprint density at radius 1 is 1.08 bits per heavy atom. The lowest BCUT2D eigenvalue weighted by atomic mass is 10.1. The molecule has 0 aliphatic rings. The SMILES string of the molecule is CCn1c(=O)c(-c2noc(CCC(=O)N(C)c3ccc(C)c(C)c3)n2)nn(-c2ccc(Cl)cc2)c1=O. The zero-order chi connectivity index (χ0) is 26.0. The van der Waals surface area contributed by atoms with Crippen LogP contribution in [0.1, 0.15) is 30.4 Å². The maximum Gasteiger partial charge on any atom is 0.352 e. The lowest BCUT2D eigenvalue weighted by Crippen LogP contribution is -2.41. The van der Waals surface area contributed by atoms with Gasteiger partial charge in [-0.1, -0.05) is 22.8 Å². The van der Waals surface area contributed by atoms with Gasteiger partial charge in [-0.05, 0) is 68.3 Å². The molecule has 0 bridgehead atoms. The Balaban J connectivity index is 1.57. The molecule has 0 aliphatic heterocycles. The Morgan fingerprint density at radius 3 is 2.47 bits per heavy atom. The molecule has 0 unspecified atom stereocenters. The normalized spacial score (nSPS) is 11.0. The molecule has 0 N–H and O–H groups in total. The van der Waals surface area contributed by atoms with Gasteiger partial charge in [0.25, 0.3) is 5.56 Å². The fourth-order valence-electron chi connectivity index (χ4n) is 3.60. The van der Waals surface area contributed by atoms with Crippen LogP contribution >= 0.6 is 11.6 Å². The number of benzene rings is 2. The summed E-state index contributed by atoms with van der Waals surface area (Å²) >= 11 is 5.95. The first kappa shape index (κ1) is 25.1. The number of nitrogens with zero attached hydrogens (tertiary/aromatic N) is 6. The van der Waals surface area contributed by atoms with Gasteiger partial charge in [0, 0.05) is 37.1 Å². The monoisotopic (exact) mass is 508 g/mol. The maximum atomic E-state index is 12.9. The third-order valence-electron chi connectivity index (χ3n) is 5.93. The molecule has 11 heteroatoms. The van der Waals surface area contributed by atoms with Crippen molar-refractivity contribution in [1.29, 1.82) is 0 Å². The lowest BCUT2D eigenvalue weighted by molar-refractivity contribution is -0.118. The van der Waals surface area contributed by atoms with Gasteiger partial charge in [-0.3, -0.25) is 14.2 Å². The smallest absolute Gasteiger partial charge is 0.339 e. The number of aromatic nitrogens is 5. The number of carbonyl (C=O) groups is 1. The van der Waals surface area contributed by atoms with Crippen LogP contribution in [0.4, 0.5) is 5.69 Å². The zero-order valence-corrected chi connectivity index (χ0v) is 21.1. The van der Waals surface area contributed by atoms with Gasteiger partial charge in [-0.2, -0.15) is 14.8 Å². The van der Waals surface area contributed by atoms with Gasteiger partial charge >= 0.3 is 5.69 Å². The summed E-state index contributed by atoms with van der Waals surface area (Å²) in [4.78, 5) is 44.3. The van der Waals surface area contributed by atoms with E-state index in [9.17, 15) is 14.4 Å². The molecule has 2 aromatic carbocycles. The largest absolute Gasteiger partial charge is 0.352 e. The van der Waals surface area contributed by atoms with Crippen LogP contribution in [0.15, 0.2) is 56.6 Å². The van der Waals surface area contributed by atoms with E-state index >= 15 is 0 Å². The van der Waals surface area contributed by atoms with Crippen molar-refractivity contribution in [2.75, 3.05) is 11.9 Å². The summed E-state index contributed by atoms with van der Waals surface area (Å²) in [6, 6.07) is 12.3. The van der Waals surface area contributed by atoms with Crippen molar-refractivity contribution in [3.8, 4) is 17.2 Å². The number of hydrogen-bond acceptors (Lipinski definition) is 7. The second kappa shape index (κ2) is 10.3. The van der Waals surface area contributed by atoms with E-state index in [1.54, 1.807) is 43.1 Å². The Morgan fingerprint density at radius 2 is 1.81 bits per heavy atom. The van der Waals surface area contributed by atoms with E-state index in [2.05, 4.69) is 15.2 Å². The van der Waals surface area contributed by atoms with Gasteiger partial charge in [-0.25, -0.2) is 4.79 Å². The molecule has 2 heterocycles. The molecule has 0 fully saturated rings. The van der Waals surface area contributed by atoms with Gasteiger partial charge in [0.05, 0.1) is 5.69 Å². The van der Waals surface area contributed by atoms with E-state index < -0.39 is 11.2 Å². The number of carbonyl (C=O) groups excluding carboxylic acids is 1. The van der Waals surface area contributed by atoms with Crippen LogP contribution in [0.2, 0.25) is 5.02 Å². The second-order valence-corrected chi connectivity index (χ2v) is 8.74. The molecule has 0 saturated carbocycles. The fourth-order valence-corrected chi connectivity index (χ4v) is 3.72. The summed E-state index contributed by atoms with van der Waals surface area (Å²) in [5, 5.41) is 8.59. The van der Waals surface area contributed by atoms with Crippen LogP contribution < -0.4 is 16.1 Å². The van der Waals surface area contributed by atoms with Crippen LogP contribution in [0.25, 0.3) is 17.2 Å². The van der Waals surface area contributed by atoms with E-state index in [0.717, 1.165) is 26.1 Å². The summed E-state index contributed by atoms with van der Waals surface area (Å²) in [5.41, 5.74) is 2.09. The van der Waals surface area contributed by atoms with Gasteiger partial charge in [0.15, 0.2) is 5.69 Å². The molecule has 4 aromatic rings. The van der Waals surface area contributed by atoms with E-state index in [0.29, 0.717) is 10.7 Å². The summed E-state index contributed by atoms with van der Waals surface area (Å²) < 4.78 is 7.41. The first-order valence-corrected chi connectivity index (χ1v) is 11.7. The number of anilines is 1. The summed E-state index contributed by atoms with van der Waals surface area (Å²) in [6.07, 6.45) is 0.307. The number of rotatable bonds is 7. The van der Waals surface area contributed by atoms with Gasteiger partial charge < -0.3 is 9.42 Å². The molecule has 186 valence electrons. The Hall–Kier alpha value is -4.05. The minimum absolute atomic E-state index is 0.0603. The fraction of sp³-hybridized carbons (Fsp3) is 0.280. The molecular weight excluding hydrogens is 484 g/mol. The van der Waals surface area contributed by atoms with Crippen LogP contribution in [-0.4, -0.2) is 37.4 Å². The van der Waals surface area contributed by atoms with Crippen molar-refractivity contribution in [3.63, 3.8) is 0 Å². The molecule has 0 saturated heterocycles. The standard InChI is InChI=1S/C25H25ClN6O4/c1-5-31-24(34)22(28-32(25(31)35)18-10-7-17(26)8-11-18)23-27-20(36-29-23)12-13-21(33)30(4)19-9-6-15(2)16(3)14-19/h6-11,14H,5,12-13H2,1-4H3. The van der Waals surface area contributed by atoms with Crippen molar-refractivity contribution < 1.29 is 9.32 Å². The quantitative estimate of drug-likeness (QED) is 0.376. The van der Waals surface area contributed by atoms with Gasteiger partial charge in [0.2, 0.25) is 17.6 Å².